The quantitative estimate of drug-likeness (QED) is 0.152. The van der Waals surface area contributed by atoms with Crippen LogP contribution < -0.4 is 0 Å². The predicted octanol–water partition coefficient (Wildman–Crippen LogP) is 17.2. The summed E-state index contributed by atoms with van der Waals surface area (Å²) in [5, 5.41) is 2.56. The lowest BCUT2D eigenvalue weighted by Crippen LogP contribution is -2.29. The number of nitrogens with zero attached hydrogens (tertiary/aromatic N) is 2. The van der Waals surface area contributed by atoms with Crippen LogP contribution in [0.3, 0.4) is 0 Å². The molecule has 0 saturated heterocycles. The zero-order valence-electron chi connectivity index (χ0n) is 37.1. The molecule has 1 aliphatic rings. The Morgan fingerprint density at radius 3 is 1.51 bits per heavy atom. The van der Waals surface area contributed by atoms with Crippen LogP contribution in [0, 0.1) is 0 Å². The van der Waals surface area contributed by atoms with Crippen LogP contribution >= 0.6 is 11.3 Å². The van der Waals surface area contributed by atoms with Gasteiger partial charge in [-0.05, 0) is 97.1 Å². The molecule has 0 saturated carbocycles. The van der Waals surface area contributed by atoms with Gasteiger partial charge in [-0.15, -0.1) is 11.3 Å². The summed E-state index contributed by atoms with van der Waals surface area (Å²) in [7, 11) is 0. The van der Waals surface area contributed by atoms with Crippen LogP contribution in [-0.4, -0.2) is 9.97 Å². The van der Waals surface area contributed by atoms with Crippen molar-refractivity contribution in [2.24, 2.45) is 0 Å². The van der Waals surface area contributed by atoms with Crippen LogP contribution in [-0.2, 0) is 5.41 Å². The third-order valence-corrected chi connectivity index (χ3v) is 15.0. The monoisotopic (exact) mass is 882 g/mol. The highest BCUT2D eigenvalue weighted by molar-refractivity contribution is 7.26. The fraction of sp³-hybridized carbons (Fsp3) is 0.0154. The Morgan fingerprint density at radius 2 is 0.794 bits per heavy atom. The van der Waals surface area contributed by atoms with Crippen molar-refractivity contribution in [1.82, 2.24) is 9.97 Å². The SMILES string of the molecule is c1ccc(-c2nc(-c3cc(-c4ccccc4-c4ccccc4)cc(-c4cccc5c4sc4ccccc45)c3)cc(-c3cccc4c3C(c3ccccc3)(c3ccccc3)c3ccccc3-4)n2)cc1. The Kier molecular flexibility index (Phi) is 9.62. The molecule has 2 aromatic heterocycles. The van der Waals surface area contributed by atoms with Gasteiger partial charge in [0.1, 0.15) is 0 Å². The number of hydrogen-bond donors (Lipinski definition) is 0. The van der Waals surface area contributed by atoms with Gasteiger partial charge in [-0.1, -0.05) is 224 Å². The maximum Gasteiger partial charge on any atom is 0.160 e. The molecule has 0 unspecified atom stereocenters. The van der Waals surface area contributed by atoms with Gasteiger partial charge in [0.05, 0.1) is 16.8 Å². The minimum Gasteiger partial charge on any atom is -0.228 e. The third kappa shape index (κ3) is 6.46. The minimum absolute atomic E-state index is 0.611. The lowest BCUT2D eigenvalue weighted by atomic mass is 9.66. The summed E-state index contributed by atoms with van der Waals surface area (Å²) in [6.07, 6.45) is 0. The highest BCUT2D eigenvalue weighted by atomic mass is 32.1. The minimum atomic E-state index is -0.611. The van der Waals surface area contributed by atoms with Crippen LogP contribution in [0.25, 0.3) is 98.6 Å². The maximum atomic E-state index is 5.56. The van der Waals surface area contributed by atoms with Gasteiger partial charge < -0.3 is 0 Å². The van der Waals surface area contributed by atoms with E-state index in [0.29, 0.717) is 5.82 Å². The van der Waals surface area contributed by atoms with Crippen LogP contribution in [0.1, 0.15) is 22.3 Å². The molecule has 13 rings (SSSR count). The van der Waals surface area contributed by atoms with E-state index in [4.69, 9.17) is 9.97 Å². The highest BCUT2D eigenvalue weighted by Crippen LogP contribution is 2.58. The summed E-state index contributed by atoms with van der Waals surface area (Å²) in [5.41, 5.74) is 18.5. The lowest BCUT2D eigenvalue weighted by molar-refractivity contribution is 0.769. The molecule has 0 radical (unpaired) electrons. The molecule has 68 heavy (non-hydrogen) atoms. The van der Waals surface area contributed by atoms with E-state index in [1.165, 1.54) is 70.2 Å². The summed E-state index contributed by atoms with van der Waals surface area (Å²) < 4.78 is 2.56. The van der Waals surface area contributed by atoms with Crippen LogP contribution in [0.15, 0.2) is 255 Å². The van der Waals surface area contributed by atoms with E-state index in [2.05, 4.69) is 255 Å². The Hall–Kier alpha value is -8.50. The average molecular weight is 883 g/mol. The van der Waals surface area contributed by atoms with Crippen molar-refractivity contribution in [3.63, 3.8) is 0 Å². The summed E-state index contributed by atoms with van der Waals surface area (Å²) in [6, 6.07) is 92.5. The first-order valence-corrected chi connectivity index (χ1v) is 24.0. The van der Waals surface area contributed by atoms with Crippen molar-refractivity contribution in [2.45, 2.75) is 5.41 Å². The normalized spacial score (nSPS) is 12.5. The second kappa shape index (κ2) is 16.4. The van der Waals surface area contributed by atoms with Crippen LogP contribution in [0.5, 0.6) is 0 Å². The molecule has 1 aliphatic carbocycles. The Morgan fingerprint density at radius 1 is 0.309 bits per heavy atom. The molecule has 0 amide bonds. The molecule has 10 aromatic carbocycles. The zero-order chi connectivity index (χ0) is 45.0. The molecule has 0 spiro atoms. The Balaban J connectivity index is 1.10. The first-order valence-electron chi connectivity index (χ1n) is 23.2. The van der Waals surface area contributed by atoms with Gasteiger partial charge in [0.15, 0.2) is 5.82 Å². The maximum absolute atomic E-state index is 5.56. The second-order valence-corrected chi connectivity index (χ2v) is 18.6. The fourth-order valence-corrected chi connectivity index (χ4v) is 12.1. The first kappa shape index (κ1) is 39.8. The van der Waals surface area contributed by atoms with Gasteiger partial charge in [0, 0.05) is 36.9 Å². The van der Waals surface area contributed by atoms with Gasteiger partial charge in [-0.25, -0.2) is 9.97 Å². The van der Waals surface area contributed by atoms with E-state index < -0.39 is 5.41 Å². The average Bonchev–Trinajstić information content (AvgIpc) is 3.96. The summed E-state index contributed by atoms with van der Waals surface area (Å²) >= 11 is 1.86. The van der Waals surface area contributed by atoms with Crippen LogP contribution in [0.2, 0.25) is 0 Å². The van der Waals surface area contributed by atoms with Gasteiger partial charge >= 0.3 is 0 Å². The van der Waals surface area contributed by atoms with Crippen molar-refractivity contribution in [3.05, 3.63) is 277 Å². The fourth-order valence-electron chi connectivity index (χ4n) is 10.8. The number of hydrogen-bond acceptors (Lipinski definition) is 3. The van der Waals surface area contributed by atoms with E-state index in [-0.39, 0.29) is 0 Å². The molecule has 2 nitrogen and oxygen atoms in total. The molecule has 0 N–H and O–H groups in total. The second-order valence-electron chi connectivity index (χ2n) is 17.6. The Bertz CT molecular complexity index is 3800. The number of fused-ring (bicyclic) bond motifs is 6. The molecule has 0 aliphatic heterocycles. The van der Waals surface area contributed by atoms with Crippen molar-refractivity contribution in [1.29, 1.82) is 0 Å². The van der Waals surface area contributed by atoms with E-state index in [0.717, 1.165) is 44.8 Å². The van der Waals surface area contributed by atoms with Crippen molar-refractivity contribution < 1.29 is 0 Å². The molecule has 2 heterocycles. The van der Waals surface area contributed by atoms with Gasteiger partial charge in [0.25, 0.3) is 0 Å². The summed E-state index contributed by atoms with van der Waals surface area (Å²) in [5.74, 6) is 0.680. The number of benzene rings is 10. The van der Waals surface area contributed by atoms with Crippen LogP contribution in [0.4, 0.5) is 0 Å². The molecule has 3 heteroatoms. The number of rotatable bonds is 8. The third-order valence-electron chi connectivity index (χ3n) is 13.8. The van der Waals surface area contributed by atoms with Crippen molar-refractivity contribution in [2.75, 3.05) is 0 Å². The smallest absolute Gasteiger partial charge is 0.160 e. The molecular weight excluding hydrogens is 841 g/mol. The lowest BCUT2D eigenvalue weighted by Gasteiger charge is -2.35. The molecule has 0 bridgehead atoms. The van der Waals surface area contributed by atoms with E-state index in [1.807, 2.05) is 11.3 Å². The van der Waals surface area contributed by atoms with E-state index in [9.17, 15) is 0 Å². The molecule has 0 fully saturated rings. The summed E-state index contributed by atoms with van der Waals surface area (Å²) in [4.78, 5) is 11.1. The van der Waals surface area contributed by atoms with E-state index in [1.54, 1.807) is 0 Å². The standard InChI is InChI=1S/C65H42N2S/c1-5-21-43(22-6-1)50-29-13-14-30-51(50)45-39-46(52-33-19-35-56-54-32-16-18-38-61(54)68-63(52)56)41-47(40-45)59-42-60(67-64(66-59)44-23-7-2-8-24-44)57-36-20-34-55-53-31-15-17-37-58(53)65(62(55)57,48-25-9-3-10-26-48)49-27-11-4-12-28-49/h1-42H. The van der Waals surface area contributed by atoms with E-state index >= 15 is 0 Å². The number of aromatic nitrogens is 2. The zero-order valence-corrected chi connectivity index (χ0v) is 37.9. The highest BCUT2D eigenvalue weighted by Gasteiger charge is 2.47. The van der Waals surface area contributed by atoms with Gasteiger partial charge in [-0.2, -0.15) is 0 Å². The largest absolute Gasteiger partial charge is 0.228 e. The molecule has 318 valence electrons. The van der Waals surface area contributed by atoms with Crippen molar-refractivity contribution in [3.8, 4) is 78.4 Å². The van der Waals surface area contributed by atoms with Gasteiger partial charge in [0.2, 0.25) is 0 Å². The molecular formula is C65H42N2S. The molecule has 12 aromatic rings. The number of thiophene rings is 1. The first-order chi connectivity index (χ1) is 33.7. The van der Waals surface area contributed by atoms with Crippen molar-refractivity contribution >= 4 is 31.5 Å². The Labute approximate surface area is 400 Å². The summed E-state index contributed by atoms with van der Waals surface area (Å²) in [6.45, 7) is 0. The topological polar surface area (TPSA) is 25.8 Å². The molecule has 0 atom stereocenters. The van der Waals surface area contributed by atoms with Gasteiger partial charge in [-0.3, -0.25) is 0 Å². The predicted molar refractivity (Wildman–Crippen MR) is 285 cm³/mol.